The highest BCUT2D eigenvalue weighted by Crippen LogP contribution is 2.10. The minimum atomic E-state index is -0.367. The van der Waals surface area contributed by atoms with Gasteiger partial charge in [-0.05, 0) is 42.0 Å². The number of nitriles is 1. The topological polar surface area (TPSA) is 94.9 Å². The van der Waals surface area contributed by atoms with Crippen LogP contribution in [-0.2, 0) is 6.54 Å². The average molecular weight is 360 g/mol. The van der Waals surface area contributed by atoms with E-state index in [0.717, 1.165) is 5.56 Å². The predicted molar refractivity (Wildman–Crippen MR) is 105 cm³/mol. The molecule has 3 rings (SSSR count). The van der Waals surface area contributed by atoms with Gasteiger partial charge in [0, 0.05) is 26.7 Å². The smallest absolute Gasteiger partial charge is 0.256 e. The lowest BCUT2D eigenvalue weighted by molar-refractivity contribution is 0.0949. The Morgan fingerprint density at radius 2 is 1.70 bits per heavy atom. The van der Waals surface area contributed by atoms with E-state index < -0.39 is 0 Å². The van der Waals surface area contributed by atoms with Crippen molar-refractivity contribution in [3.8, 4) is 6.07 Å². The second-order valence-electron chi connectivity index (χ2n) is 5.74. The number of hydrogen-bond donors (Lipinski definition) is 2. The van der Waals surface area contributed by atoms with Crippen molar-refractivity contribution in [2.75, 3.05) is 5.32 Å². The fourth-order valence-corrected chi connectivity index (χ4v) is 2.41. The monoisotopic (exact) mass is 360 g/mol. The van der Waals surface area contributed by atoms with Crippen LogP contribution in [0, 0.1) is 11.3 Å². The molecule has 6 heteroatoms. The Bertz CT molecular complexity index is 1000. The normalized spacial score (nSPS) is 9.89. The van der Waals surface area contributed by atoms with Crippen LogP contribution in [0.3, 0.4) is 0 Å². The third-order valence-corrected chi connectivity index (χ3v) is 3.84. The molecule has 0 spiro atoms. The van der Waals surface area contributed by atoms with E-state index in [-0.39, 0.29) is 20.5 Å². The minimum Gasteiger partial charge on any atom is -0.348 e. The average Bonchev–Trinajstić information content (AvgIpc) is 2.73. The molecule has 3 aromatic rings. The van der Waals surface area contributed by atoms with Gasteiger partial charge in [0.1, 0.15) is 5.82 Å². The maximum absolute atomic E-state index is 12.3. The van der Waals surface area contributed by atoms with Crippen molar-refractivity contribution in [1.82, 2.24) is 10.3 Å². The van der Waals surface area contributed by atoms with Crippen LogP contribution in [0.15, 0.2) is 72.9 Å². The highest BCUT2D eigenvalue weighted by molar-refractivity contribution is 6.04. The van der Waals surface area contributed by atoms with E-state index in [2.05, 4.69) is 15.6 Å². The summed E-state index contributed by atoms with van der Waals surface area (Å²) in [6, 6.07) is 20.9. The standard InChI is InChI=1S/C21H16N4O2.2H2/c22-13-15-6-8-17(9-7-15)21(27)25-19-12-18(10-11-23-19)20(26)24-14-16-4-2-1-3-5-16;;/h1-12H,14H2,(H,24,26)(H,23,25,27);2*1H. The van der Waals surface area contributed by atoms with Gasteiger partial charge in [0.05, 0.1) is 11.6 Å². The summed E-state index contributed by atoms with van der Waals surface area (Å²) in [4.78, 5) is 28.7. The van der Waals surface area contributed by atoms with E-state index in [1.165, 1.54) is 12.3 Å². The van der Waals surface area contributed by atoms with Crippen LogP contribution in [0.5, 0.6) is 0 Å². The van der Waals surface area contributed by atoms with E-state index in [4.69, 9.17) is 5.26 Å². The molecular formula is C21H20N4O2. The first-order valence-electron chi connectivity index (χ1n) is 8.25. The number of nitrogens with zero attached hydrogens (tertiary/aromatic N) is 2. The van der Waals surface area contributed by atoms with E-state index in [1.54, 1.807) is 30.3 Å². The molecule has 0 aliphatic carbocycles. The van der Waals surface area contributed by atoms with Crippen molar-refractivity contribution in [2.24, 2.45) is 0 Å². The zero-order valence-electron chi connectivity index (χ0n) is 14.3. The molecule has 2 amide bonds. The van der Waals surface area contributed by atoms with Crippen LogP contribution in [0.2, 0.25) is 0 Å². The van der Waals surface area contributed by atoms with Crippen LogP contribution in [-0.4, -0.2) is 16.8 Å². The number of aromatic nitrogens is 1. The quantitative estimate of drug-likeness (QED) is 0.726. The molecule has 0 atom stereocenters. The number of benzene rings is 2. The first kappa shape index (κ1) is 17.8. The molecule has 1 aromatic heterocycles. The molecule has 2 N–H and O–H groups in total. The second-order valence-corrected chi connectivity index (χ2v) is 5.74. The predicted octanol–water partition coefficient (Wildman–Crippen LogP) is 3.63. The molecule has 0 aliphatic rings. The number of rotatable bonds is 5. The summed E-state index contributed by atoms with van der Waals surface area (Å²) >= 11 is 0. The molecule has 136 valence electrons. The summed E-state index contributed by atoms with van der Waals surface area (Å²) < 4.78 is 0. The van der Waals surface area contributed by atoms with Crippen molar-refractivity contribution in [2.45, 2.75) is 6.54 Å². The fourth-order valence-electron chi connectivity index (χ4n) is 2.41. The van der Waals surface area contributed by atoms with Crippen LogP contribution >= 0.6 is 0 Å². The molecule has 2 aromatic carbocycles. The van der Waals surface area contributed by atoms with E-state index in [0.29, 0.717) is 23.2 Å². The number of anilines is 1. The number of carbonyl (C=O) groups is 2. The Morgan fingerprint density at radius 3 is 2.41 bits per heavy atom. The van der Waals surface area contributed by atoms with Crippen LogP contribution in [0.25, 0.3) is 0 Å². The van der Waals surface area contributed by atoms with Gasteiger partial charge >= 0.3 is 0 Å². The molecule has 6 nitrogen and oxygen atoms in total. The van der Waals surface area contributed by atoms with Gasteiger partial charge in [-0.2, -0.15) is 5.26 Å². The van der Waals surface area contributed by atoms with Gasteiger partial charge in [-0.3, -0.25) is 9.59 Å². The van der Waals surface area contributed by atoms with E-state index >= 15 is 0 Å². The summed E-state index contributed by atoms with van der Waals surface area (Å²) in [5.41, 5.74) is 2.27. The Balaban J connectivity index is 0.00000210. The van der Waals surface area contributed by atoms with Gasteiger partial charge < -0.3 is 10.6 Å². The molecule has 1 heterocycles. The third-order valence-electron chi connectivity index (χ3n) is 3.84. The van der Waals surface area contributed by atoms with Crippen molar-refractivity contribution in [1.29, 1.82) is 5.26 Å². The molecule has 0 fully saturated rings. The number of nitrogens with one attached hydrogen (secondary N) is 2. The zero-order valence-corrected chi connectivity index (χ0v) is 14.3. The Hall–Kier alpha value is -3.98. The van der Waals surface area contributed by atoms with Crippen molar-refractivity contribution >= 4 is 17.6 Å². The van der Waals surface area contributed by atoms with Crippen LogP contribution < -0.4 is 10.6 Å². The first-order valence-corrected chi connectivity index (χ1v) is 8.25. The summed E-state index contributed by atoms with van der Waals surface area (Å²) in [7, 11) is 0. The highest BCUT2D eigenvalue weighted by atomic mass is 16.2. The van der Waals surface area contributed by atoms with E-state index in [1.807, 2.05) is 36.4 Å². The van der Waals surface area contributed by atoms with Crippen molar-refractivity contribution < 1.29 is 12.4 Å². The summed E-state index contributed by atoms with van der Waals surface area (Å²) in [6.45, 7) is 0.412. The molecule has 0 unspecified atom stereocenters. The Kier molecular flexibility index (Phi) is 5.55. The van der Waals surface area contributed by atoms with Crippen molar-refractivity contribution in [3.05, 3.63) is 95.2 Å². The maximum atomic E-state index is 12.3. The highest BCUT2D eigenvalue weighted by Gasteiger charge is 2.10. The summed E-state index contributed by atoms with van der Waals surface area (Å²) in [6.07, 6.45) is 1.46. The van der Waals surface area contributed by atoms with Crippen molar-refractivity contribution in [3.63, 3.8) is 0 Å². The third kappa shape index (κ3) is 4.77. The molecular weight excluding hydrogens is 340 g/mol. The number of pyridine rings is 1. The molecule has 0 radical (unpaired) electrons. The van der Waals surface area contributed by atoms with Crippen LogP contribution in [0.1, 0.15) is 34.7 Å². The van der Waals surface area contributed by atoms with Crippen LogP contribution in [0.4, 0.5) is 5.82 Å². The Labute approximate surface area is 159 Å². The SMILES string of the molecule is N#Cc1ccc(C(=O)Nc2cc(C(=O)NCc3ccccc3)ccn2)cc1.[HH].[HH]. The Morgan fingerprint density at radius 1 is 0.963 bits per heavy atom. The van der Waals surface area contributed by atoms with Gasteiger partial charge in [0.2, 0.25) is 0 Å². The molecule has 0 aliphatic heterocycles. The zero-order chi connectivity index (χ0) is 19.1. The molecule has 0 saturated heterocycles. The fraction of sp³-hybridized carbons (Fsp3) is 0.0476. The summed E-state index contributed by atoms with van der Waals surface area (Å²) in [5, 5.41) is 14.3. The molecule has 0 bridgehead atoms. The number of carbonyl (C=O) groups excluding carboxylic acids is 2. The lowest BCUT2D eigenvalue weighted by Crippen LogP contribution is -2.23. The molecule has 0 saturated carbocycles. The minimum absolute atomic E-state index is 0. The maximum Gasteiger partial charge on any atom is 0.256 e. The van der Waals surface area contributed by atoms with Gasteiger partial charge in [-0.15, -0.1) is 0 Å². The van der Waals surface area contributed by atoms with Gasteiger partial charge in [0.25, 0.3) is 11.8 Å². The summed E-state index contributed by atoms with van der Waals surface area (Å²) in [5.74, 6) is -0.347. The van der Waals surface area contributed by atoms with Gasteiger partial charge in [0.15, 0.2) is 0 Å². The lowest BCUT2D eigenvalue weighted by Gasteiger charge is -2.08. The largest absolute Gasteiger partial charge is 0.348 e. The molecule has 27 heavy (non-hydrogen) atoms. The lowest BCUT2D eigenvalue weighted by atomic mass is 10.1. The number of hydrogen-bond acceptors (Lipinski definition) is 4. The van der Waals surface area contributed by atoms with Gasteiger partial charge in [-0.1, -0.05) is 30.3 Å². The number of amides is 2. The van der Waals surface area contributed by atoms with Gasteiger partial charge in [-0.25, -0.2) is 4.98 Å². The second kappa shape index (κ2) is 8.41. The van der Waals surface area contributed by atoms with E-state index in [9.17, 15) is 9.59 Å². The first-order chi connectivity index (χ1) is 13.2.